The minimum absolute atomic E-state index is 0.0885. The Morgan fingerprint density at radius 2 is 1.48 bits per heavy atom. The summed E-state index contributed by atoms with van der Waals surface area (Å²) < 4.78 is 36.4. The number of carbonyl (C=O) groups excluding carboxylic acids is 2. The summed E-state index contributed by atoms with van der Waals surface area (Å²) in [6.45, 7) is 2.77. The topological polar surface area (TPSA) is 72.8 Å². The van der Waals surface area contributed by atoms with Crippen molar-refractivity contribution in [3.05, 3.63) is 41.0 Å². The van der Waals surface area contributed by atoms with Crippen LogP contribution in [0.4, 0.5) is 8.78 Å². The molecule has 0 saturated heterocycles. The zero-order valence-corrected chi connectivity index (χ0v) is 11.5. The molecule has 0 aliphatic carbocycles. The molecule has 0 heterocycles. The largest absolute Gasteiger partial charge is 0.506 e. The van der Waals surface area contributed by atoms with Gasteiger partial charge in [-0.1, -0.05) is 6.07 Å². The molecule has 0 saturated carbocycles. The highest BCUT2D eigenvalue weighted by Crippen LogP contribution is 2.24. The van der Waals surface area contributed by atoms with E-state index in [-0.39, 0.29) is 13.2 Å². The summed E-state index contributed by atoms with van der Waals surface area (Å²) in [5, 5.41) is 9.93. The first-order chi connectivity index (χ1) is 9.93. The molecule has 0 radical (unpaired) electrons. The molecule has 0 amide bonds. The third-order valence-corrected chi connectivity index (χ3v) is 2.40. The Kier molecular flexibility index (Phi) is 5.83. The maximum absolute atomic E-state index is 13.6. The van der Waals surface area contributed by atoms with Gasteiger partial charge in [0.25, 0.3) is 0 Å². The molecule has 1 N–H and O–H groups in total. The van der Waals surface area contributed by atoms with Crippen molar-refractivity contribution < 1.29 is 33.0 Å². The summed E-state index contributed by atoms with van der Waals surface area (Å²) in [4.78, 5) is 23.4. The van der Waals surface area contributed by atoms with Crippen molar-refractivity contribution in [1.29, 1.82) is 0 Å². The number of hydrogen-bond donors (Lipinski definition) is 1. The van der Waals surface area contributed by atoms with Crippen molar-refractivity contribution in [1.82, 2.24) is 0 Å². The molecule has 1 aromatic rings. The molecule has 0 fully saturated rings. The van der Waals surface area contributed by atoms with Crippen molar-refractivity contribution in [3.63, 3.8) is 0 Å². The zero-order valence-electron chi connectivity index (χ0n) is 11.5. The number of esters is 2. The summed E-state index contributed by atoms with van der Waals surface area (Å²) in [7, 11) is 0. The van der Waals surface area contributed by atoms with Gasteiger partial charge in [0, 0.05) is 0 Å². The van der Waals surface area contributed by atoms with Crippen molar-refractivity contribution in [2.75, 3.05) is 13.2 Å². The monoisotopic (exact) mass is 300 g/mol. The average molecular weight is 300 g/mol. The van der Waals surface area contributed by atoms with E-state index in [2.05, 4.69) is 9.47 Å². The molecule has 114 valence electrons. The van der Waals surface area contributed by atoms with Gasteiger partial charge in [-0.25, -0.2) is 18.4 Å². The molecule has 0 aliphatic rings. The van der Waals surface area contributed by atoms with E-state index in [1.54, 1.807) is 0 Å². The Morgan fingerprint density at radius 3 is 1.86 bits per heavy atom. The quantitative estimate of drug-likeness (QED) is 0.297. The van der Waals surface area contributed by atoms with Gasteiger partial charge >= 0.3 is 11.9 Å². The fourth-order valence-corrected chi connectivity index (χ4v) is 1.53. The van der Waals surface area contributed by atoms with E-state index in [4.69, 9.17) is 0 Å². The van der Waals surface area contributed by atoms with Crippen LogP contribution in [0, 0.1) is 11.6 Å². The molecule has 0 bridgehead atoms. The first kappa shape index (κ1) is 16.6. The molecule has 1 rings (SSSR count). The maximum atomic E-state index is 13.6. The number of carbonyl (C=O) groups is 2. The molecular weight excluding hydrogens is 286 g/mol. The zero-order chi connectivity index (χ0) is 16.0. The second kappa shape index (κ2) is 7.37. The Hall–Kier alpha value is -2.44. The lowest BCUT2D eigenvalue weighted by Crippen LogP contribution is -2.21. The molecular formula is C14H14F2O5. The van der Waals surface area contributed by atoms with E-state index >= 15 is 0 Å². The Bertz CT molecular complexity index is 540. The normalized spacial score (nSPS) is 9.90. The molecule has 7 heteroatoms. The van der Waals surface area contributed by atoms with E-state index in [1.165, 1.54) is 13.8 Å². The molecule has 0 unspecified atom stereocenters. The molecule has 5 nitrogen and oxygen atoms in total. The van der Waals surface area contributed by atoms with Gasteiger partial charge in [0.05, 0.1) is 18.8 Å². The molecule has 0 aliphatic heterocycles. The number of aliphatic hydroxyl groups excluding tert-OH is 1. The maximum Gasteiger partial charge on any atom is 0.349 e. The smallest absolute Gasteiger partial charge is 0.349 e. The number of benzene rings is 1. The first-order valence-corrected chi connectivity index (χ1v) is 6.15. The lowest BCUT2D eigenvalue weighted by atomic mass is 10.1. The Labute approximate surface area is 119 Å². The number of halogens is 2. The van der Waals surface area contributed by atoms with Crippen LogP contribution in [-0.2, 0) is 19.1 Å². The van der Waals surface area contributed by atoms with Crippen LogP contribution in [0.1, 0.15) is 19.4 Å². The Morgan fingerprint density at radius 1 is 1.05 bits per heavy atom. The highest BCUT2D eigenvalue weighted by Gasteiger charge is 2.29. The molecule has 0 aromatic heterocycles. The van der Waals surface area contributed by atoms with Gasteiger partial charge in [0.2, 0.25) is 0 Å². The van der Waals surface area contributed by atoms with E-state index < -0.39 is 40.5 Å². The standard InChI is InChI=1S/C14H14F2O5/c1-3-20-13(18)11(14(19)21-4-2)12(17)10-8(15)6-5-7-9(10)16/h5-7,17H,3-4H2,1-2H3. The molecule has 21 heavy (non-hydrogen) atoms. The highest BCUT2D eigenvalue weighted by atomic mass is 19.1. The fraction of sp³-hybridized carbons (Fsp3) is 0.286. The van der Waals surface area contributed by atoms with Crippen LogP contribution in [0.3, 0.4) is 0 Å². The van der Waals surface area contributed by atoms with E-state index in [1.807, 2.05) is 0 Å². The third-order valence-electron chi connectivity index (χ3n) is 2.40. The van der Waals surface area contributed by atoms with Crippen LogP contribution in [0.2, 0.25) is 0 Å². The van der Waals surface area contributed by atoms with Gasteiger partial charge in [-0.2, -0.15) is 0 Å². The van der Waals surface area contributed by atoms with E-state index in [0.29, 0.717) is 0 Å². The summed E-state index contributed by atoms with van der Waals surface area (Å²) in [6.07, 6.45) is 0. The second-order valence-corrected chi connectivity index (χ2v) is 3.76. The van der Waals surface area contributed by atoms with Crippen molar-refractivity contribution in [3.8, 4) is 0 Å². The second-order valence-electron chi connectivity index (χ2n) is 3.76. The predicted octanol–water partition coefficient (Wildman–Crippen LogP) is 2.36. The molecule has 0 atom stereocenters. The van der Waals surface area contributed by atoms with Gasteiger partial charge in [-0.3, -0.25) is 0 Å². The minimum Gasteiger partial charge on any atom is -0.506 e. The molecule has 0 spiro atoms. The van der Waals surface area contributed by atoms with Crippen LogP contribution in [0.5, 0.6) is 0 Å². The van der Waals surface area contributed by atoms with Crippen LogP contribution >= 0.6 is 0 Å². The van der Waals surface area contributed by atoms with Crippen LogP contribution in [-0.4, -0.2) is 30.3 Å². The van der Waals surface area contributed by atoms with E-state index in [9.17, 15) is 23.5 Å². The lowest BCUT2D eigenvalue weighted by Gasteiger charge is -2.10. The number of ether oxygens (including phenoxy) is 2. The van der Waals surface area contributed by atoms with Crippen molar-refractivity contribution >= 4 is 17.7 Å². The third kappa shape index (κ3) is 3.77. The van der Waals surface area contributed by atoms with Crippen molar-refractivity contribution in [2.24, 2.45) is 0 Å². The minimum atomic E-state index is -1.23. The molecule has 1 aromatic carbocycles. The van der Waals surface area contributed by atoms with Gasteiger partial charge < -0.3 is 14.6 Å². The summed E-state index contributed by atoms with van der Waals surface area (Å²) in [6, 6.07) is 2.83. The lowest BCUT2D eigenvalue weighted by molar-refractivity contribution is -0.146. The van der Waals surface area contributed by atoms with Gasteiger partial charge in [0.15, 0.2) is 11.3 Å². The van der Waals surface area contributed by atoms with Gasteiger partial charge in [0.1, 0.15) is 11.6 Å². The summed E-state index contributed by atoms with van der Waals surface area (Å²) >= 11 is 0. The fourth-order valence-electron chi connectivity index (χ4n) is 1.53. The summed E-state index contributed by atoms with van der Waals surface area (Å²) in [5.74, 6) is -5.87. The number of aliphatic hydroxyl groups is 1. The predicted molar refractivity (Wildman–Crippen MR) is 69.2 cm³/mol. The number of hydrogen-bond acceptors (Lipinski definition) is 5. The first-order valence-electron chi connectivity index (χ1n) is 6.15. The average Bonchev–Trinajstić information content (AvgIpc) is 2.39. The number of rotatable bonds is 5. The highest BCUT2D eigenvalue weighted by molar-refractivity contribution is 6.19. The van der Waals surface area contributed by atoms with E-state index in [0.717, 1.165) is 18.2 Å². The van der Waals surface area contributed by atoms with Crippen LogP contribution in [0.25, 0.3) is 5.76 Å². The van der Waals surface area contributed by atoms with Gasteiger partial charge in [-0.15, -0.1) is 0 Å². The summed E-state index contributed by atoms with van der Waals surface area (Å²) in [5.41, 5.74) is -1.85. The van der Waals surface area contributed by atoms with Crippen molar-refractivity contribution in [2.45, 2.75) is 13.8 Å². The van der Waals surface area contributed by atoms with Crippen LogP contribution < -0.4 is 0 Å². The van der Waals surface area contributed by atoms with Crippen LogP contribution in [0.15, 0.2) is 23.8 Å². The Balaban J connectivity index is 3.46. The van der Waals surface area contributed by atoms with Gasteiger partial charge in [-0.05, 0) is 26.0 Å². The SMILES string of the molecule is CCOC(=O)C(C(=O)OCC)=C(O)c1c(F)cccc1F.